The first-order chi connectivity index (χ1) is 17.4. The molecule has 37 heavy (non-hydrogen) atoms. The number of phenolic OH excluding ortho intramolecular Hbond substituents is 1. The van der Waals surface area contributed by atoms with E-state index in [1.54, 1.807) is 56.8 Å². The van der Waals surface area contributed by atoms with Gasteiger partial charge in [0.2, 0.25) is 10.0 Å². The zero-order valence-electron chi connectivity index (χ0n) is 21.3. The number of aromatic hydroxyl groups is 1. The molecular weight excluding hydrogens is 500 g/mol. The van der Waals surface area contributed by atoms with Gasteiger partial charge in [0, 0.05) is 20.1 Å². The molecule has 0 saturated heterocycles. The average Bonchev–Trinajstić information content (AvgIpc) is 3.07. The second-order valence-electron chi connectivity index (χ2n) is 8.24. The minimum atomic E-state index is -3.90. The van der Waals surface area contributed by atoms with E-state index in [-0.39, 0.29) is 23.7 Å². The zero-order valence-corrected chi connectivity index (χ0v) is 22.1. The van der Waals surface area contributed by atoms with Crippen LogP contribution in [0.1, 0.15) is 36.8 Å². The molecule has 3 aromatic rings. The predicted molar refractivity (Wildman–Crippen MR) is 137 cm³/mol. The Morgan fingerprint density at radius 3 is 2.32 bits per heavy atom. The Hall–Kier alpha value is -3.90. The summed E-state index contributed by atoms with van der Waals surface area (Å²) in [6.45, 7) is 6.77. The lowest BCUT2D eigenvalue weighted by molar-refractivity contribution is -0.123. The van der Waals surface area contributed by atoms with Gasteiger partial charge in [-0.3, -0.25) is 14.3 Å². The van der Waals surface area contributed by atoms with Crippen LogP contribution < -0.4 is 10.9 Å². The number of esters is 1. The number of carbonyl (C=O) groups excluding carboxylic acids is 2. The van der Waals surface area contributed by atoms with Gasteiger partial charge in [-0.15, -0.1) is 0 Å². The number of hydrogen-bond donors (Lipinski definition) is 2. The Bertz CT molecular complexity index is 1470. The van der Waals surface area contributed by atoms with Gasteiger partial charge in [-0.25, -0.2) is 17.9 Å². The molecule has 11 nitrogen and oxygen atoms in total. The molecule has 0 radical (unpaired) electrons. The van der Waals surface area contributed by atoms with E-state index in [1.165, 1.54) is 22.0 Å². The second-order valence-corrected chi connectivity index (χ2v) is 10.2. The smallest absolute Gasteiger partial charge is 0.342 e. The molecule has 12 heteroatoms. The van der Waals surface area contributed by atoms with Crippen molar-refractivity contribution in [3.63, 3.8) is 0 Å². The van der Waals surface area contributed by atoms with Crippen molar-refractivity contribution in [2.45, 2.75) is 38.7 Å². The maximum absolute atomic E-state index is 13.0. The van der Waals surface area contributed by atoms with Crippen LogP contribution >= 0.6 is 0 Å². The fourth-order valence-electron chi connectivity index (χ4n) is 3.77. The predicted octanol–water partition coefficient (Wildman–Crippen LogP) is 2.40. The number of aromatic nitrogens is 2. The average molecular weight is 531 g/mol. The van der Waals surface area contributed by atoms with Gasteiger partial charge >= 0.3 is 5.97 Å². The summed E-state index contributed by atoms with van der Waals surface area (Å²) in [6, 6.07) is 12.1. The minimum Gasteiger partial charge on any atom is -0.507 e. The van der Waals surface area contributed by atoms with E-state index in [1.807, 2.05) is 6.07 Å². The van der Waals surface area contributed by atoms with Crippen molar-refractivity contribution in [3.8, 4) is 11.4 Å². The van der Waals surface area contributed by atoms with E-state index in [4.69, 9.17) is 4.74 Å². The molecule has 1 heterocycles. The quantitative estimate of drug-likeness (QED) is 0.405. The van der Waals surface area contributed by atoms with Gasteiger partial charge in [-0.05, 0) is 44.2 Å². The van der Waals surface area contributed by atoms with Crippen molar-refractivity contribution < 1.29 is 27.9 Å². The maximum Gasteiger partial charge on any atom is 0.342 e. The number of rotatable bonds is 9. The van der Waals surface area contributed by atoms with Gasteiger partial charge < -0.3 is 15.2 Å². The van der Waals surface area contributed by atoms with E-state index in [0.29, 0.717) is 11.4 Å². The van der Waals surface area contributed by atoms with Gasteiger partial charge in [-0.2, -0.15) is 4.31 Å². The molecule has 0 saturated carbocycles. The molecule has 0 fully saturated rings. The Morgan fingerprint density at radius 1 is 1.11 bits per heavy atom. The van der Waals surface area contributed by atoms with E-state index in [2.05, 4.69) is 5.32 Å². The molecular formula is C25H30N4O7S. The number of benzene rings is 2. The summed E-state index contributed by atoms with van der Waals surface area (Å²) in [7, 11) is -2.23. The van der Waals surface area contributed by atoms with E-state index < -0.39 is 44.9 Å². The maximum atomic E-state index is 13.0. The number of phenols is 1. The number of para-hydroxylation sites is 1. The van der Waals surface area contributed by atoms with Crippen LogP contribution in [0, 0.1) is 6.92 Å². The highest BCUT2D eigenvalue weighted by Crippen LogP contribution is 2.25. The van der Waals surface area contributed by atoms with Crippen LogP contribution in [-0.4, -0.2) is 58.3 Å². The largest absolute Gasteiger partial charge is 0.507 e. The second kappa shape index (κ2) is 11.0. The first-order valence-corrected chi connectivity index (χ1v) is 13.1. The standard InChI is InChI=1S/C25H30N4O7S/c1-6-28(7-2)37(34,35)19-13-14-21(30)20(15-19)25(33)36-17(4)23(31)26-22-16(3)27(5)29(24(22)32)18-11-9-8-10-12-18/h8-15,17,30H,6-7H2,1-5H3,(H,26,31). The van der Waals surface area contributed by atoms with Gasteiger partial charge in [-0.1, -0.05) is 32.0 Å². The number of anilines is 1. The third-order valence-electron chi connectivity index (χ3n) is 5.99. The van der Waals surface area contributed by atoms with Crippen LogP contribution in [0.25, 0.3) is 5.69 Å². The molecule has 0 bridgehead atoms. The van der Waals surface area contributed by atoms with Crippen LogP contribution in [0.5, 0.6) is 5.75 Å². The summed E-state index contributed by atoms with van der Waals surface area (Å²) < 4.78 is 35.0. The van der Waals surface area contributed by atoms with Crippen molar-refractivity contribution in [1.29, 1.82) is 0 Å². The molecule has 0 spiro atoms. The first-order valence-electron chi connectivity index (χ1n) is 11.6. The molecule has 0 aliphatic heterocycles. The number of ether oxygens (including phenoxy) is 1. The lowest BCUT2D eigenvalue weighted by atomic mass is 10.2. The lowest BCUT2D eigenvalue weighted by Crippen LogP contribution is -2.32. The first kappa shape index (κ1) is 27.7. The molecule has 1 aromatic heterocycles. The van der Waals surface area contributed by atoms with Gasteiger partial charge in [0.1, 0.15) is 17.0 Å². The Labute approximate surface area is 214 Å². The topological polar surface area (TPSA) is 140 Å². The lowest BCUT2D eigenvalue weighted by Gasteiger charge is -2.19. The molecule has 1 atom stereocenters. The van der Waals surface area contributed by atoms with Crippen LogP contribution in [0.4, 0.5) is 5.69 Å². The van der Waals surface area contributed by atoms with E-state index in [0.717, 1.165) is 12.1 Å². The summed E-state index contributed by atoms with van der Waals surface area (Å²) in [5.74, 6) is -2.37. The number of hydrogen-bond acceptors (Lipinski definition) is 7. The molecule has 2 aromatic carbocycles. The number of amides is 1. The highest BCUT2D eigenvalue weighted by atomic mass is 32.2. The van der Waals surface area contributed by atoms with Crippen molar-refractivity contribution in [1.82, 2.24) is 13.7 Å². The summed E-state index contributed by atoms with van der Waals surface area (Å²) in [6.07, 6.45) is -1.36. The number of nitrogens with zero attached hydrogens (tertiary/aromatic N) is 3. The third kappa shape index (κ3) is 5.44. The van der Waals surface area contributed by atoms with E-state index in [9.17, 15) is 27.9 Å². The zero-order chi connectivity index (χ0) is 27.5. The summed E-state index contributed by atoms with van der Waals surface area (Å²) >= 11 is 0. The van der Waals surface area contributed by atoms with Crippen LogP contribution in [0.3, 0.4) is 0 Å². The fraction of sp³-hybridized carbons (Fsp3) is 0.320. The van der Waals surface area contributed by atoms with Crippen LogP contribution in [-0.2, 0) is 26.6 Å². The van der Waals surface area contributed by atoms with Gasteiger partial charge in [0.25, 0.3) is 11.5 Å². The normalized spacial score (nSPS) is 12.4. The van der Waals surface area contributed by atoms with Crippen molar-refractivity contribution in [3.05, 3.63) is 70.1 Å². The number of carbonyl (C=O) groups is 2. The van der Waals surface area contributed by atoms with Gasteiger partial charge in [0.15, 0.2) is 6.10 Å². The third-order valence-corrected chi connectivity index (χ3v) is 8.03. The summed E-state index contributed by atoms with van der Waals surface area (Å²) in [5, 5.41) is 12.7. The summed E-state index contributed by atoms with van der Waals surface area (Å²) in [5.41, 5.74) is 0.232. The Kier molecular flexibility index (Phi) is 8.24. The molecule has 198 valence electrons. The summed E-state index contributed by atoms with van der Waals surface area (Å²) in [4.78, 5) is 38.4. The molecule has 1 unspecified atom stereocenters. The van der Waals surface area contributed by atoms with Crippen LogP contribution in [0.15, 0.2) is 58.2 Å². The Morgan fingerprint density at radius 2 is 1.73 bits per heavy atom. The Balaban J connectivity index is 1.82. The minimum absolute atomic E-state index is 0.0226. The SMILES string of the molecule is CCN(CC)S(=O)(=O)c1ccc(O)c(C(=O)OC(C)C(=O)Nc2c(C)n(C)n(-c3ccccc3)c2=O)c1. The molecule has 0 aliphatic carbocycles. The fourth-order valence-corrected chi connectivity index (χ4v) is 5.25. The van der Waals surface area contributed by atoms with Gasteiger partial charge in [0.05, 0.1) is 16.3 Å². The van der Waals surface area contributed by atoms with Crippen molar-refractivity contribution in [2.24, 2.45) is 7.05 Å². The highest BCUT2D eigenvalue weighted by Gasteiger charge is 2.27. The molecule has 0 aliphatic rings. The van der Waals surface area contributed by atoms with Crippen molar-refractivity contribution >= 4 is 27.6 Å². The molecule has 2 N–H and O–H groups in total. The molecule has 1 amide bonds. The molecule has 3 rings (SSSR count). The van der Waals surface area contributed by atoms with Crippen LogP contribution in [0.2, 0.25) is 0 Å². The number of nitrogens with one attached hydrogen (secondary N) is 1. The highest BCUT2D eigenvalue weighted by molar-refractivity contribution is 7.89. The monoisotopic (exact) mass is 530 g/mol. The number of sulfonamides is 1. The van der Waals surface area contributed by atoms with E-state index >= 15 is 0 Å². The van der Waals surface area contributed by atoms with Crippen molar-refractivity contribution in [2.75, 3.05) is 18.4 Å².